The van der Waals surface area contributed by atoms with Gasteiger partial charge in [-0.1, -0.05) is 6.07 Å². The average molecular weight is 389 g/mol. The Balaban J connectivity index is 1.73. The number of benzene rings is 1. The molecule has 1 aromatic carbocycles. The van der Waals surface area contributed by atoms with Crippen LogP contribution in [0.3, 0.4) is 0 Å². The summed E-state index contributed by atoms with van der Waals surface area (Å²) in [6.07, 6.45) is 6.92. The third-order valence-electron chi connectivity index (χ3n) is 2.96. The molecule has 2 heterocycles. The topological polar surface area (TPSA) is 46.4 Å². The van der Waals surface area contributed by atoms with Crippen molar-refractivity contribution in [1.82, 2.24) is 9.38 Å². The van der Waals surface area contributed by atoms with Gasteiger partial charge in [-0.05, 0) is 65.1 Å². The largest absolute Gasteiger partial charge is 0.323 e. The highest BCUT2D eigenvalue weighted by Gasteiger charge is 2.01. The zero-order valence-electron chi connectivity index (χ0n) is 11.0. The minimum Gasteiger partial charge on any atom is -0.323 e. The van der Waals surface area contributed by atoms with E-state index in [4.69, 9.17) is 0 Å². The minimum atomic E-state index is -0.165. The van der Waals surface area contributed by atoms with Gasteiger partial charge in [0.15, 0.2) is 0 Å². The number of fused-ring (bicyclic) bond motifs is 1. The number of carbonyl (C=O) groups excluding carboxylic acids is 1. The molecule has 0 aliphatic rings. The fourth-order valence-corrected chi connectivity index (χ4v) is 2.31. The van der Waals surface area contributed by atoms with Crippen LogP contribution in [0.25, 0.3) is 11.7 Å². The smallest absolute Gasteiger partial charge is 0.248 e. The molecular weight excluding hydrogens is 377 g/mol. The first kappa shape index (κ1) is 13.8. The van der Waals surface area contributed by atoms with E-state index in [0.29, 0.717) is 0 Å². The number of hydrogen-bond donors (Lipinski definition) is 1. The molecule has 0 radical (unpaired) electrons. The summed E-state index contributed by atoms with van der Waals surface area (Å²) in [7, 11) is 0. The number of imidazole rings is 1. The molecule has 21 heavy (non-hydrogen) atoms. The predicted octanol–water partition coefficient (Wildman–Crippen LogP) is 3.59. The summed E-state index contributed by atoms with van der Waals surface area (Å²) in [5.41, 5.74) is 2.50. The Bertz CT molecular complexity index is 806. The predicted molar refractivity (Wildman–Crippen MR) is 92.0 cm³/mol. The van der Waals surface area contributed by atoms with Crippen LogP contribution in [0.4, 0.5) is 5.69 Å². The van der Waals surface area contributed by atoms with E-state index in [1.54, 1.807) is 12.3 Å². The second-order valence-electron chi connectivity index (χ2n) is 4.44. The molecule has 3 rings (SSSR count). The molecule has 3 aromatic rings. The van der Waals surface area contributed by atoms with Crippen molar-refractivity contribution in [3.63, 3.8) is 0 Å². The van der Waals surface area contributed by atoms with Crippen LogP contribution >= 0.6 is 22.6 Å². The van der Waals surface area contributed by atoms with Crippen LogP contribution in [-0.4, -0.2) is 15.3 Å². The summed E-state index contributed by atoms with van der Waals surface area (Å²) in [6.45, 7) is 0. The standard InChI is InChI=1S/C16H12IN3O/c17-12-4-6-13(7-5-12)19-16(21)9-8-14-11-18-15-3-1-2-10-20(14)15/h1-11H,(H,19,21)/b9-8+. The van der Waals surface area contributed by atoms with Crippen molar-refractivity contribution in [3.8, 4) is 0 Å². The van der Waals surface area contributed by atoms with Gasteiger partial charge in [-0.25, -0.2) is 4.98 Å². The molecule has 0 fully saturated rings. The van der Waals surface area contributed by atoms with Gasteiger partial charge < -0.3 is 9.72 Å². The van der Waals surface area contributed by atoms with Gasteiger partial charge in [-0.2, -0.15) is 0 Å². The molecule has 4 nitrogen and oxygen atoms in total. The Labute approximate surface area is 135 Å². The Kier molecular flexibility index (Phi) is 4.01. The number of anilines is 1. The van der Waals surface area contributed by atoms with E-state index >= 15 is 0 Å². The van der Waals surface area contributed by atoms with Crippen molar-refractivity contribution in [2.45, 2.75) is 0 Å². The summed E-state index contributed by atoms with van der Waals surface area (Å²) < 4.78 is 3.06. The van der Waals surface area contributed by atoms with Crippen molar-refractivity contribution in [2.75, 3.05) is 5.32 Å². The van der Waals surface area contributed by atoms with Crippen molar-refractivity contribution in [3.05, 3.63) is 70.2 Å². The van der Waals surface area contributed by atoms with Crippen LogP contribution in [-0.2, 0) is 4.79 Å². The maximum Gasteiger partial charge on any atom is 0.248 e. The molecule has 2 aromatic heterocycles. The van der Waals surface area contributed by atoms with E-state index in [-0.39, 0.29) is 5.91 Å². The Morgan fingerprint density at radius 3 is 2.81 bits per heavy atom. The van der Waals surface area contributed by atoms with E-state index in [1.807, 2.05) is 53.1 Å². The molecule has 5 heteroatoms. The number of halogens is 1. The third kappa shape index (κ3) is 3.30. The second kappa shape index (κ2) is 6.09. The number of rotatable bonds is 3. The summed E-state index contributed by atoms with van der Waals surface area (Å²) in [4.78, 5) is 16.2. The number of nitrogens with one attached hydrogen (secondary N) is 1. The van der Waals surface area contributed by atoms with Gasteiger partial charge in [0.25, 0.3) is 0 Å². The Morgan fingerprint density at radius 1 is 1.19 bits per heavy atom. The summed E-state index contributed by atoms with van der Waals surface area (Å²) in [5.74, 6) is -0.165. The summed E-state index contributed by atoms with van der Waals surface area (Å²) in [6, 6.07) is 13.4. The van der Waals surface area contributed by atoms with E-state index in [2.05, 4.69) is 32.9 Å². The normalized spacial score (nSPS) is 11.1. The van der Waals surface area contributed by atoms with Gasteiger partial charge in [0, 0.05) is 21.5 Å². The lowest BCUT2D eigenvalue weighted by atomic mass is 10.3. The lowest BCUT2D eigenvalue weighted by molar-refractivity contribution is -0.111. The first-order valence-electron chi connectivity index (χ1n) is 6.39. The fourth-order valence-electron chi connectivity index (χ4n) is 1.95. The van der Waals surface area contributed by atoms with Gasteiger partial charge in [-0.15, -0.1) is 0 Å². The van der Waals surface area contributed by atoms with Gasteiger partial charge in [0.05, 0.1) is 11.9 Å². The van der Waals surface area contributed by atoms with Crippen molar-refractivity contribution >= 4 is 45.9 Å². The van der Waals surface area contributed by atoms with Crippen molar-refractivity contribution in [1.29, 1.82) is 0 Å². The first-order valence-corrected chi connectivity index (χ1v) is 7.47. The molecule has 0 spiro atoms. The number of amides is 1. The lowest BCUT2D eigenvalue weighted by Crippen LogP contribution is -2.07. The molecule has 1 amide bonds. The highest BCUT2D eigenvalue weighted by molar-refractivity contribution is 14.1. The maximum absolute atomic E-state index is 11.9. The molecule has 1 N–H and O–H groups in total. The molecule has 0 atom stereocenters. The van der Waals surface area contributed by atoms with Crippen LogP contribution in [0.5, 0.6) is 0 Å². The monoisotopic (exact) mass is 389 g/mol. The molecular formula is C16H12IN3O. The van der Waals surface area contributed by atoms with E-state index in [9.17, 15) is 4.79 Å². The number of nitrogens with zero attached hydrogens (tertiary/aromatic N) is 2. The SMILES string of the molecule is O=C(/C=C/c1cnc2ccccn12)Nc1ccc(I)cc1. The maximum atomic E-state index is 11.9. The highest BCUT2D eigenvalue weighted by Crippen LogP contribution is 2.12. The molecule has 0 saturated heterocycles. The second-order valence-corrected chi connectivity index (χ2v) is 5.69. The average Bonchev–Trinajstić information content (AvgIpc) is 2.91. The number of hydrogen-bond acceptors (Lipinski definition) is 2. The molecule has 0 bridgehead atoms. The van der Waals surface area contributed by atoms with Gasteiger partial charge in [-0.3, -0.25) is 4.79 Å². The van der Waals surface area contributed by atoms with E-state index in [1.165, 1.54) is 6.08 Å². The number of carbonyl (C=O) groups is 1. The van der Waals surface area contributed by atoms with E-state index < -0.39 is 0 Å². The third-order valence-corrected chi connectivity index (χ3v) is 3.68. The zero-order chi connectivity index (χ0) is 14.7. The summed E-state index contributed by atoms with van der Waals surface area (Å²) >= 11 is 2.23. The molecule has 0 aliphatic heterocycles. The van der Waals surface area contributed by atoms with Gasteiger partial charge in [0.1, 0.15) is 5.65 Å². The number of pyridine rings is 1. The number of aromatic nitrogens is 2. The Morgan fingerprint density at radius 2 is 2.00 bits per heavy atom. The first-order chi connectivity index (χ1) is 10.2. The molecule has 0 unspecified atom stereocenters. The van der Waals surface area contributed by atoms with Crippen LogP contribution in [0.15, 0.2) is 60.9 Å². The lowest BCUT2D eigenvalue weighted by Gasteiger charge is -2.01. The van der Waals surface area contributed by atoms with Crippen LogP contribution in [0.1, 0.15) is 5.69 Å². The minimum absolute atomic E-state index is 0.165. The molecule has 0 saturated carbocycles. The fraction of sp³-hybridized carbons (Fsp3) is 0. The highest BCUT2D eigenvalue weighted by atomic mass is 127. The van der Waals surface area contributed by atoms with Gasteiger partial charge in [0.2, 0.25) is 5.91 Å². The summed E-state index contributed by atoms with van der Waals surface area (Å²) in [5, 5.41) is 2.82. The molecule has 0 aliphatic carbocycles. The van der Waals surface area contributed by atoms with Crippen molar-refractivity contribution < 1.29 is 4.79 Å². The zero-order valence-corrected chi connectivity index (χ0v) is 13.2. The van der Waals surface area contributed by atoms with Crippen LogP contribution in [0, 0.1) is 3.57 Å². The van der Waals surface area contributed by atoms with Crippen molar-refractivity contribution in [2.24, 2.45) is 0 Å². The van der Waals surface area contributed by atoms with Gasteiger partial charge >= 0.3 is 0 Å². The van der Waals surface area contributed by atoms with Crippen LogP contribution in [0.2, 0.25) is 0 Å². The molecule has 104 valence electrons. The quantitative estimate of drug-likeness (QED) is 0.550. The van der Waals surface area contributed by atoms with Crippen LogP contribution < -0.4 is 5.32 Å². The Hall–Kier alpha value is -2.15. The van der Waals surface area contributed by atoms with E-state index in [0.717, 1.165) is 20.6 Å².